The van der Waals surface area contributed by atoms with Crippen molar-refractivity contribution in [3.05, 3.63) is 36.2 Å². The van der Waals surface area contributed by atoms with Crippen molar-refractivity contribution < 1.29 is 17.6 Å². The maximum Gasteiger partial charge on any atom is 0.235 e. The Bertz CT molecular complexity index is 764. The van der Waals surface area contributed by atoms with Crippen LogP contribution in [0.15, 0.2) is 34.9 Å². The molecule has 1 aromatic carbocycles. The van der Waals surface area contributed by atoms with Gasteiger partial charge in [-0.2, -0.15) is 0 Å². The van der Waals surface area contributed by atoms with Crippen molar-refractivity contribution in [2.45, 2.75) is 32.3 Å². The Morgan fingerprint density at radius 1 is 1.35 bits per heavy atom. The molecule has 1 aliphatic heterocycles. The van der Waals surface area contributed by atoms with Crippen LogP contribution in [0.4, 0.5) is 5.69 Å². The predicted molar refractivity (Wildman–Crippen MR) is 87.7 cm³/mol. The van der Waals surface area contributed by atoms with Gasteiger partial charge in [0.1, 0.15) is 5.76 Å². The zero-order chi connectivity index (χ0) is 16.3. The van der Waals surface area contributed by atoms with Crippen LogP contribution < -0.4 is 4.72 Å². The SMILES string of the molecule is Cc1cnc(-c2cccc(NS(=O)(=O)C[C@@H]3CCCCO3)c2)o1. The Hall–Kier alpha value is -1.86. The Labute approximate surface area is 135 Å². The van der Waals surface area contributed by atoms with Crippen LogP contribution in [0.5, 0.6) is 0 Å². The van der Waals surface area contributed by atoms with E-state index >= 15 is 0 Å². The van der Waals surface area contributed by atoms with E-state index in [1.54, 1.807) is 24.4 Å². The van der Waals surface area contributed by atoms with Gasteiger partial charge in [0.25, 0.3) is 0 Å². The highest BCUT2D eigenvalue weighted by molar-refractivity contribution is 7.92. The number of aryl methyl sites for hydroxylation is 1. The molecule has 1 atom stereocenters. The molecule has 1 saturated heterocycles. The average molecular weight is 336 g/mol. The summed E-state index contributed by atoms with van der Waals surface area (Å²) in [5.74, 6) is 1.16. The van der Waals surface area contributed by atoms with E-state index in [1.165, 1.54) is 0 Å². The van der Waals surface area contributed by atoms with Crippen molar-refractivity contribution in [1.29, 1.82) is 0 Å². The molecule has 0 radical (unpaired) electrons. The van der Waals surface area contributed by atoms with Crippen molar-refractivity contribution in [3.8, 4) is 11.5 Å². The Balaban J connectivity index is 1.71. The summed E-state index contributed by atoms with van der Waals surface area (Å²) in [7, 11) is -3.45. The van der Waals surface area contributed by atoms with E-state index in [9.17, 15) is 8.42 Å². The molecular formula is C16H20N2O4S. The van der Waals surface area contributed by atoms with Gasteiger partial charge in [-0.3, -0.25) is 4.72 Å². The summed E-state index contributed by atoms with van der Waals surface area (Å²) in [5, 5.41) is 0. The summed E-state index contributed by atoms with van der Waals surface area (Å²) >= 11 is 0. The lowest BCUT2D eigenvalue weighted by Crippen LogP contribution is -2.30. The van der Waals surface area contributed by atoms with Crippen LogP contribution in [0.2, 0.25) is 0 Å². The number of hydrogen-bond acceptors (Lipinski definition) is 5. The van der Waals surface area contributed by atoms with E-state index < -0.39 is 10.0 Å². The van der Waals surface area contributed by atoms with Gasteiger partial charge >= 0.3 is 0 Å². The van der Waals surface area contributed by atoms with Gasteiger partial charge in [0.05, 0.1) is 18.1 Å². The molecule has 0 spiro atoms. The van der Waals surface area contributed by atoms with Crippen molar-refractivity contribution in [3.63, 3.8) is 0 Å². The van der Waals surface area contributed by atoms with Crippen molar-refractivity contribution in [2.75, 3.05) is 17.1 Å². The molecule has 2 heterocycles. The second-order valence-corrected chi connectivity index (χ2v) is 7.50. The van der Waals surface area contributed by atoms with Crippen LogP contribution in [-0.2, 0) is 14.8 Å². The molecule has 1 aromatic heterocycles. The van der Waals surface area contributed by atoms with Crippen LogP contribution in [0.25, 0.3) is 11.5 Å². The number of rotatable bonds is 5. The quantitative estimate of drug-likeness (QED) is 0.908. The standard InChI is InChI=1S/C16H20N2O4S/c1-12-10-17-16(22-12)13-5-4-6-14(9-13)18-23(19,20)11-15-7-2-3-8-21-15/h4-6,9-10,15,18H,2-3,7-8,11H2,1H3/t15-/m0/s1. The summed E-state index contributed by atoms with van der Waals surface area (Å²) < 4.78 is 38.2. The molecule has 1 aliphatic rings. The molecule has 7 heteroatoms. The molecule has 3 rings (SSSR count). The van der Waals surface area contributed by atoms with E-state index in [0.717, 1.165) is 24.8 Å². The lowest BCUT2D eigenvalue weighted by molar-refractivity contribution is 0.0306. The van der Waals surface area contributed by atoms with Gasteiger partial charge in [-0.1, -0.05) is 6.07 Å². The molecule has 2 aromatic rings. The minimum atomic E-state index is -3.45. The molecule has 0 bridgehead atoms. The van der Waals surface area contributed by atoms with Gasteiger partial charge in [0.2, 0.25) is 15.9 Å². The summed E-state index contributed by atoms with van der Waals surface area (Å²) in [6.45, 7) is 2.45. The number of benzene rings is 1. The zero-order valence-corrected chi connectivity index (χ0v) is 13.8. The van der Waals surface area contributed by atoms with Crippen LogP contribution in [0.3, 0.4) is 0 Å². The second kappa shape index (κ2) is 6.72. The Morgan fingerprint density at radius 2 is 2.22 bits per heavy atom. The number of nitrogens with zero attached hydrogens (tertiary/aromatic N) is 1. The molecule has 0 saturated carbocycles. The molecule has 124 valence electrons. The normalized spacial score (nSPS) is 18.7. The van der Waals surface area contributed by atoms with Crippen molar-refractivity contribution in [2.24, 2.45) is 0 Å². The van der Waals surface area contributed by atoms with Crippen LogP contribution >= 0.6 is 0 Å². The lowest BCUT2D eigenvalue weighted by atomic mass is 10.1. The number of anilines is 1. The van der Waals surface area contributed by atoms with Crippen LogP contribution in [0.1, 0.15) is 25.0 Å². The smallest absolute Gasteiger partial charge is 0.235 e. The molecular weight excluding hydrogens is 316 g/mol. The summed E-state index contributed by atoms with van der Waals surface area (Å²) in [4.78, 5) is 4.15. The predicted octanol–water partition coefficient (Wildman–Crippen LogP) is 2.96. The monoisotopic (exact) mass is 336 g/mol. The van der Waals surface area contributed by atoms with Crippen molar-refractivity contribution >= 4 is 15.7 Å². The maximum absolute atomic E-state index is 12.3. The highest BCUT2D eigenvalue weighted by atomic mass is 32.2. The highest BCUT2D eigenvalue weighted by Crippen LogP contribution is 2.23. The minimum absolute atomic E-state index is 0.0185. The van der Waals surface area contributed by atoms with Crippen LogP contribution in [0, 0.1) is 6.92 Å². The third-order valence-electron chi connectivity index (χ3n) is 3.68. The van der Waals surface area contributed by atoms with Gasteiger partial charge in [-0.05, 0) is 44.4 Å². The third kappa shape index (κ3) is 4.33. The van der Waals surface area contributed by atoms with E-state index in [4.69, 9.17) is 9.15 Å². The van der Waals surface area contributed by atoms with Crippen molar-refractivity contribution in [1.82, 2.24) is 4.98 Å². The number of oxazole rings is 1. The first-order valence-corrected chi connectivity index (χ1v) is 9.32. The first-order chi connectivity index (χ1) is 11.0. The molecule has 1 fully saturated rings. The Kier molecular flexibility index (Phi) is 4.68. The molecule has 0 unspecified atom stereocenters. The largest absolute Gasteiger partial charge is 0.441 e. The van der Waals surface area contributed by atoms with Gasteiger partial charge in [0, 0.05) is 17.9 Å². The Morgan fingerprint density at radius 3 is 2.91 bits per heavy atom. The first kappa shape index (κ1) is 16.0. The number of sulfonamides is 1. The second-order valence-electron chi connectivity index (χ2n) is 5.73. The third-order valence-corrected chi connectivity index (χ3v) is 5.04. The van der Waals surface area contributed by atoms with Gasteiger partial charge in [-0.25, -0.2) is 13.4 Å². The average Bonchev–Trinajstić information content (AvgIpc) is 2.94. The fraction of sp³-hybridized carbons (Fsp3) is 0.438. The van der Waals surface area contributed by atoms with E-state index in [0.29, 0.717) is 23.9 Å². The molecule has 0 aliphatic carbocycles. The minimum Gasteiger partial charge on any atom is -0.441 e. The first-order valence-electron chi connectivity index (χ1n) is 7.67. The maximum atomic E-state index is 12.3. The van der Waals surface area contributed by atoms with E-state index in [-0.39, 0.29) is 11.9 Å². The molecule has 1 N–H and O–H groups in total. The highest BCUT2D eigenvalue weighted by Gasteiger charge is 2.22. The van der Waals surface area contributed by atoms with E-state index in [2.05, 4.69) is 9.71 Å². The fourth-order valence-electron chi connectivity index (χ4n) is 2.61. The number of nitrogens with one attached hydrogen (secondary N) is 1. The fourth-order valence-corrected chi connectivity index (χ4v) is 3.93. The number of ether oxygens (including phenoxy) is 1. The van der Waals surface area contributed by atoms with Gasteiger partial charge in [-0.15, -0.1) is 0 Å². The van der Waals surface area contributed by atoms with E-state index in [1.807, 2.05) is 13.0 Å². The molecule has 23 heavy (non-hydrogen) atoms. The zero-order valence-electron chi connectivity index (χ0n) is 13.0. The molecule has 6 nitrogen and oxygen atoms in total. The topological polar surface area (TPSA) is 81.4 Å². The molecule has 0 amide bonds. The van der Waals surface area contributed by atoms with Gasteiger partial charge in [0.15, 0.2) is 0 Å². The summed E-state index contributed by atoms with van der Waals surface area (Å²) in [6, 6.07) is 7.01. The number of hydrogen-bond donors (Lipinski definition) is 1. The van der Waals surface area contributed by atoms with Gasteiger partial charge < -0.3 is 9.15 Å². The number of aromatic nitrogens is 1. The lowest BCUT2D eigenvalue weighted by Gasteiger charge is -2.22. The van der Waals surface area contributed by atoms with Crippen LogP contribution in [-0.4, -0.2) is 31.9 Å². The summed E-state index contributed by atoms with van der Waals surface area (Å²) in [5.41, 5.74) is 1.22. The summed E-state index contributed by atoms with van der Waals surface area (Å²) in [6.07, 6.45) is 4.21.